The maximum absolute atomic E-state index is 8.58. The number of aromatic nitrogens is 3. The van der Waals surface area contributed by atoms with E-state index in [0.717, 1.165) is 30.9 Å². The molecule has 0 amide bonds. The third kappa shape index (κ3) is 3.55. The van der Waals surface area contributed by atoms with Crippen molar-refractivity contribution in [3.63, 3.8) is 0 Å². The van der Waals surface area contributed by atoms with Crippen LogP contribution in [0.4, 0.5) is 0 Å². The normalized spacial score (nSPS) is 11.8. The van der Waals surface area contributed by atoms with Crippen LogP contribution < -0.4 is 11.1 Å². The molecule has 0 aliphatic carbocycles. The molecule has 1 aromatic carbocycles. The highest BCUT2D eigenvalue weighted by molar-refractivity contribution is 5.96. The standard InChI is InChI=1S/C13H18N6O/c1-19-9-16-17-12(19)6-7-15-8-10-2-4-11(5-3-10)13(14)18-20/h2-5,9,15,20H,6-8H2,1H3,(H2,14,18). The van der Waals surface area contributed by atoms with Gasteiger partial charge in [-0.3, -0.25) is 0 Å². The summed E-state index contributed by atoms with van der Waals surface area (Å²) in [6.45, 7) is 1.59. The highest BCUT2D eigenvalue weighted by Crippen LogP contribution is 2.04. The molecule has 7 nitrogen and oxygen atoms in total. The van der Waals surface area contributed by atoms with Crippen molar-refractivity contribution in [3.8, 4) is 0 Å². The number of aryl methyl sites for hydroxylation is 1. The number of amidine groups is 1. The number of benzene rings is 1. The second-order valence-electron chi connectivity index (χ2n) is 4.47. The minimum Gasteiger partial charge on any atom is -0.409 e. The molecule has 0 fully saturated rings. The van der Waals surface area contributed by atoms with E-state index in [-0.39, 0.29) is 5.84 Å². The lowest BCUT2D eigenvalue weighted by Gasteiger charge is -2.06. The second kappa shape index (κ2) is 6.67. The first-order valence-electron chi connectivity index (χ1n) is 6.31. The Morgan fingerprint density at radius 2 is 2.15 bits per heavy atom. The van der Waals surface area contributed by atoms with Crippen LogP contribution in [0.25, 0.3) is 0 Å². The van der Waals surface area contributed by atoms with Gasteiger partial charge in [0, 0.05) is 32.1 Å². The summed E-state index contributed by atoms with van der Waals surface area (Å²) in [4.78, 5) is 0. The topological polar surface area (TPSA) is 101 Å². The van der Waals surface area contributed by atoms with Gasteiger partial charge in [0.15, 0.2) is 5.84 Å². The van der Waals surface area contributed by atoms with E-state index in [9.17, 15) is 0 Å². The highest BCUT2D eigenvalue weighted by Gasteiger charge is 2.01. The Morgan fingerprint density at radius 3 is 2.75 bits per heavy atom. The van der Waals surface area contributed by atoms with E-state index in [1.165, 1.54) is 0 Å². The smallest absolute Gasteiger partial charge is 0.170 e. The molecule has 7 heteroatoms. The molecule has 0 aliphatic rings. The summed E-state index contributed by atoms with van der Waals surface area (Å²) in [6, 6.07) is 7.55. The summed E-state index contributed by atoms with van der Waals surface area (Å²) in [5.74, 6) is 1.08. The van der Waals surface area contributed by atoms with Crippen LogP contribution in [0.2, 0.25) is 0 Å². The number of oxime groups is 1. The lowest BCUT2D eigenvalue weighted by Crippen LogP contribution is -2.18. The van der Waals surface area contributed by atoms with Crippen LogP contribution in [-0.4, -0.2) is 32.4 Å². The molecule has 2 rings (SSSR count). The van der Waals surface area contributed by atoms with E-state index in [1.54, 1.807) is 6.33 Å². The molecule has 4 N–H and O–H groups in total. The molecule has 0 saturated heterocycles. The van der Waals surface area contributed by atoms with Gasteiger partial charge in [-0.1, -0.05) is 29.4 Å². The predicted octanol–water partition coefficient (Wildman–Crippen LogP) is 0.242. The molecule has 20 heavy (non-hydrogen) atoms. The summed E-state index contributed by atoms with van der Waals surface area (Å²) >= 11 is 0. The maximum atomic E-state index is 8.58. The quantitative estimate of drug-likeness (QED) is 0.230. The van der Waals surface area contributed by atoms with E-state index in [0.29, 0.717) is 5.56 Å². The van der Waals surface area contributed by atoms with Gasteiger partial charge in [0.2, 0.25) is 0 Å². The van der Waals surface area contributed by atoms with Gasteiger partial charge < -0.3 is 20.8 Å². The Kier molecular flexibility index (Phi) is 4.67. The van der Waals surface area contributed by atoms with Crippen LogP contribution in [-0.2, 0) is 20.0 Å². The average Bonchev–Trinajstić information content (AvgIpc) is 2.89. The summed E-state index contributed by atoms with van der Waals surface area (Å²) in [6.07, 6.45) is 2.53. The largest absolute Gasteiger partial charge is 0.409 e. The maximum Gasteiger partial charge on any atom is 0.170 e. The summed E-state index contributed by atoms with van der Waals surface area (Å²) < 4.78 is 1.91. The second-order valence-corrected chi connectivity index (χ2v) is 4.47. The first-order valence-corrected chi connectivity index (χ1v) is 6.31. The Morgan fingerprint density at radius 1 is 1.40 bits per heavy atom. The Hall–Kier alpha value is -2.41. The first kappa shape index (κ1) is 14.0. The van der Waals surface area contributed by atoms with Crippen molar-refractivity contribution in [3.05, 3.63) is 47.5 Å². The first-order chi connectivity index (χ1) is 9.70. The molecule has 0 radical (unpaired) electrons. The van der Waals surface area contributed by atoms with Crippen LogP contribution in [0.1, 0.15) is 17.0 Å². The molecule has 0 atom stereocenters. The van der Waals surface area contributed by atoms with E-state index < -0.39 is 0 Å². The Labute approximate surface area is 117 Å². The van der Waals surface area contributed by atoms with Crippen LogP contribution in [0.3, 0.4) is 0 Å². The third-order valence-corrected chi connectivity index (χ3v) is 3.02. The van der Waals surface area contributed by atoms with Gasteiger partial charge in [0.25, 0.3) is 0 Å². The van der Waals surface area contributed by atoms with Crippen LogP contribution in [0.5, 0.6) is 0 Å². The minimum absolute atomic E-state index is 0.117. The number of rotatable bonds is 6. The van der Waals surface area contributed by atoms with Gasteiger partial charge in [-0.2, -0.15) is 0 Å². The van der Waals surface area contributed by atoms with E-state index >= 15 is 0 Å². The fraction of sp³-hybridized carbons (Fsp3) is 0.308. The molecule has 0 saturated carbocycles. The monoisotopic (exact) mass is 274 g/mol. The average molecular weight is 274 g/mol. The van der Waals surface area contributed by atoms with Gasteiger partial charge in [-0.25, -0.2) is 0 Å². The predicted molar refractivity (Wildman–Crippen MR) is 75.4 cm³/mol. The third-order valence-electron chi connectivity index (χ3n) is 3.02. The molecular formula is C13H18N6O. The Bertz CT molecular complexity index is 575. The molecule has 1 aromatic heterocycles. The summed E-state index contributed by atoms with van der Waals surface area (Å²) in [7, 11) is 1.93. The fourth-order valence-corrected chi connectivity index (χ4v) is 1.82. The van der Waals surface area contributed by atoms with Crippen molar-refractivity contribution in [2.45, 2.75) is 13.0 Å². The Balaban J connectivity index is 1.78. The van der Waals surface area contributed by atoms with Crippen LogP contribution in [0, 0.1) is 0 Å². The van der Waals surface area contributed by atoms with Crippen LogP contribution in [0.15, 0.2) is 35.7 Å². The number of nitrogens with one attached hydrogen (secondary N) is 1. The number of hydrogen-bond acceptors (Lipinski definition) is 5. The highest BCUT2D eigenvalue weighted by atomic mass is 16.4. The van der Waals surface area contributed by atoms with E-state index in [1.807, 2.05) is 35.9 Å². The summed E-state index contributed by atoms with van der Waals surface area (Å²) in [5.41, 5.74) is 7.34. The molecule has 0 unspecified atom stereocenters. The van der Waals surface area contributed by atoms with Gasteiger partial charge in [0.05, 0.1) is 0 Å². The van der Waals surface area contributed by atoms with Crippen molar-refractivity contribution < 1.29 is 5.21 Å². The SMILES string of the molecule is Cn1cnnc1CCNCc1ccc(C(N)=NO)cc1. The molecule has 106 valence electrons. The molecule has 0 spiro atoms. The summed E-state index contributed by atoms with van der Waals surface area (Å²) in [5, 5.41) is 22.7. The fourth-order valence-electron chi connectivity index (χ4n) is 1.82. The molecule has 1 heterocycles. The zero-order chi connectivity index (χ0) is 14.4. The van der Waals surface area contributed by atoms with Crippen LogP contribution >= 0.6 is 0 Å². The molecule has 0 aliphatic heterocycles. The number of hydrogen-bond donors (Lipinski definition) is 3. The van der Waals surface area contributed by atoms with Gasteiger partial charge >= 0.3 is 0 Å². The molecule has 2 aromatic rings. The minimum atomic E-state index is 0.117. The van der Waals surface area contributed by atoms with E-state index in [4.69, 9.17) is 10.9 Å². The zero-order valence-electron chi connectivity index (χ0n) is 11.3. The van der Waals surface area contributed by atoms with Crippen molar-refractivity contribution >= 4 is 5.84 Å². The molecular weight excluding hydrogens is 256 g/mol. The van der Waals surface area contributed by atoms with Crippen molar-refractivity contribution in [1.29, 1.82) is 0 Å². The van der Waals surface area contributed by atoms with Crippen molar-refractivity contribution in [2.75, 3.05) is 6.54 Å². The van der Waals surface area contributed by atoms with Gasteiger partial charge in [-0.05, 0) is 5.56 Å². The molecule has 0 bridgehead atoms. The lowest BCUT2D eigenvalue weighted by molar-refractivity contribution is 0.318. The lowest BCUT2D eigenvalue weighted by atomic mass is 10.1. The van der Waals surface area contributed by atoms with E-state index in [2.05, 4.69) is 20.7 Å². The van der Waals surface area contributed by atoms with Crippen molar-refractivity contribution in [1.82, 2.24) is 20.1 Å². The van der Waals surface area contributed by atoms with Gasteiger partial charge in [0.1, 0.15) is 12.2 Å². The van der Waals surface area contributed by atoms with Gasteiger partial charge in [-0.15, -0.1) is 10.2 Å². The number of nitrogens with zero attached hydrogens (tertiary/aromatic N) is 4. The zero-order valence-corrected chi connectivity index (χ0v) is 11.3. The van der Waals surface area contributed by atoms with Crippen molar-refractivity contribution in [2.24, 2.45) is 17.9 Å². The number of nitrogens with two attached hydrogens (primary N) is 1.